The zero-order chi connectivity index (χ0) is 18.8. The summed E-state index contributed by atoms with van der Waals surface area (Å²) in [7, 11) is 3.26. The van der Waals surface area contributed by atoms with Crippen LogP contribution in [0, 0.1) is 0 Å². The molecule has 2 aromatic heterocycles. The number of hydrogen-bond acceptors (Lipinski definition) is 7. The fourth-order valence-corrected chi connectivity index (χ4v) is 3.17. The van der Waals surface area contributed by atoms with Crippen LogP contribution in [0.4, 0.5) is 10.5 Å². The van der Waals surface area contributed by atoms with E-state index < -0.39 is 0 Å². The molecule has 1 aromatic carbocycles. The second-order valence-electron chi connectivity index (χ2n) is 6.17. The summed E-state index contributed by atoms with van der Waals surface area (Å²) < 4.78 is 12.0. The maximum absolute atomic E-state index is 12.8. The van der Waals surface area contributed by atoms with Crippen LogP contribution in [0.5, 0.6) is 11.5 Å². The lowest BCUT2D eigenvalue weighted by molar-refractivity contribution is 0.193. The summed E-state index contributed by atoms with van der Waals surface area (Å²) in [6, 6.07) is 9.15. The first-order valence-electron chi connectivity index (χ1n) is 8.63. The molecule has 1 fully saturated rings. The minimum Gasteiger partial charge on any atom is -0.497 e. The van der Waals surface area contributed by atoms with Crippen molar-refractivity contribution in [2.45, 2.75) is 0 Å². The maximum Gasteiger partial charge on any atom is 0.346 e. The number of aromatic nitrogens is 4. The second-order valence-corrected chi connectivity index (χ2v) is 6.17. The van der Waals surface area contributed by atoms with Crippen LogP contribution in [0.15, 0.2) is 36.5 Å². The van der Waals surface area contributed by atoms with Gasteiger partial charge >= 0.3 is 6.03 Å². The van der Waals surface area contributed by atoms with Crippen molar-refractivity contribution in [1.82, 2.24) is 24.9 Å². The van der Waals surface area contributed by atoms with Crippen LogP contribution in [0.2, 0.25) is 0 Å². The van der Waals surface area contributed by atoms with Gasteiger partial charge in [0.2, 0.25) is 5.65 Å². The Morgan fingerprint density at radius 1 is 1.04 bits per heavy atom. The Balaban J connectivity index is 1.48. The highest BCUT2D eigenvalue weighted by atomic mass is 16.5. The largest absolute Gasteiger partial charge is 0.497 e. The van der Waals surface area contributed by atoms with Crippen LogP contribution >= 0.6 is 0 Å². The molecule has 0 spiro atoms. The van der Waals surface area contributed by atoms with Crippen molar-refractivity contribution in [2.75, 3.05) is 45.3 Å². The molecule has 9 heteroatoms. The number of carbonyl (C=O) groups is 1. The second kappa shape index (κ2) is 7.10. The quantitative estimate of drug-likeness (QED) is 0.694. The van der Waals surface area contributed by atoms with Gasteiger partial charge in [0.1, 0.15) is 17.0 Å². The molecule has 0 unspecified atom stereocenters. The molecular weight excluding hydrogens is 348 g/mol. The van der Waals surface area contributed by atoms with Gasteiger partial charge < -0.3 is 19.3 Å². The van der Waals surface area contributed by atoms with Gasteiger partial charge in [-0.15, -0.1) is 5.10 Å². The van der Waals surface area contributed by atoms with Gasteiger partial charge in [-0.05, 0) is 12.1 Å². The highest BCUT2D eigenvalue weighted by Gasteiger charge is 2.25. The molecule has 9 nitrogen and oxygen atoms in total. The molecule has 0 aliphatic carbocycles. The average molecular weight is 368 g/mol. The standard InChI is InChI=1S/C18H20N6O3/c1-26-14-10-13(11-15(12-14)27-2)22-6-8-23(9-7-22)18(25)24-16-4-3-5-19-17(16)20-21-24/h3-5,10-12H,6-9H2,1-2H3. The summed E-state index contributed by atoms with van der Waals surface area (Å²) in [6.07, 6.45) is 1.63. The first-order valence-corrected chi connectivity index (χ1v) is 8.63. The Morgan fingerprint density at radius 3 is 2.41 bits per heavy atom. The highest BCUT2D eigenvalue weighted by Crippen LogP contribution is 2.29. The van der Waals surface area contributed by atoms with Crippen LogP contribution in [-0.4, -0.2) is 71.3 Å². The number of methoxy groups -OCH3 is 2. The first kappa shape index (κ1) is 17.1. The third-order valence-corrected chi connectivity index (χ3v) is 4.66. The molecular formula is C18H20N6O3. The SMILES string of the molecule is COc1cc(OC)cc(N2CCN(C(=O)n3nnc4ncccc43)CC2)c1. The normalized spacial score (nSPS) is 14.4. The van der Waals surface area contributed by atoms with E-state index in [4.69, 9.17) is 9.47 Å². The summed E-state index contributed by atoms with van der Waals surface area (Å²) in [6.45, 7) is 2.57. The van der Waals surface area contributed by atoms with Gasteiger partial charge in [-0.25, -0.2) is 9.78 Å². The fourth-order valence-electron chi connectivity index (χ4n) is 3.17. The summed E-state index contributed by atoms with van der Waals surface area (Å²) in [5, 5.41) is 7.91. The topological polar surface area (TPSA) is 85.6 Å². The lowest BCUT2D eigenvalue weighted by atomic mass is 10.2. The third-order valence-electron chi connectivity index (χ3n) is 4.66. The Bertz CT molecular complexity index is 942. The number of hydrogen-bond donors (Lipinski definition) is 0. The van der Waals surface area contributed by atoms with E-state index in [0.717, 1.165) is 17.2 Å². The van der Waals surface area contributed by atoms with E-state index in [1.807, 2.05) is 18.2 Å². The lowest BCUT2D eigenvalue weighted by Crippen LogP contribution is -2.50. The number of carbonyl (C=O) groups excluding carboxylic acids is 1. The molecule has 4 rings (SSSR count). The molecule has 0 N–H and O–H groups in total. The summed E-state index contributed by atoms with van der Waals surface area (Å²) >= 11 is 0. The Kier molecular flexibility index (Phi) is 4.49. The number of piperazine rings is 1. The monoisotopic (exact) mass is 368 g/mol. The predicted octanol–water partition coefficient (Wildman–Crippen LogP) is 1.63. The van der Waals surface area contributed by atoms with E-state index in [0.29, 0.717) is 37.3 Å². The van der Waals surface area contributed by atoms with E-state index in [9.17, 15) is 4.79 Å². The summed E-state index contributed by atoms with van der Waals surface area (Å²) in [5.74, 6) is 1.48. The van der Waals surface area contributed by atoms with Crippen molar-refractivity contribution < 1.29 is 14.3 Å². The van der Waals surface area contributed by atoms with E-state index in [1.54, 1.807) is 37.4 Å². The minimum atomic E-state index is -0.187. The number of amides is 1. The molecule has 140 valence electrons. The lowest BCUT2D eigenvalue weighted by Gasteiger charge is -2.36. The molecule has 0 bridgehead atoms. The minimum absolute atomic E-state index is 0.187. The zero-order valence-corrected chi connectivity index (χ0v) is 15.2. The van der Waals surface area contributed by atoms with E-state index in [-0.39, 0.29) is 6.03 Å². The Morgan fingerprint density at radius 2 is 1.74 bits per heavy atom. The third kappa shape index (κ3) is 3.23. The number of fused-ring (bicyclic) bond motifs is 1. The van der Waals surface area contributed by atoms with E-state index in [1.165, 1.54) is 4.68 Å². The van der Waals surface area contributed by atoms with E-state index in [2.05, 4.69) is 20.2 Å². The van der Waals surface area contributed by atoms with E-state index >= 15 is 0 Å². The van der Waals surface area contributed by atoms with Gasteiger partial charge in [-0.3, -0.25) is 0 Å². The van der Waals surface area contributed by atoms with Crippen molar-refractivity contribution in [1.29, 1.82) is 0 Å². The molecule has 3 aromatic rings. The number of anilines is 1. The molecule has 3 heterocycles. The average Bonchev–Trinajstić information content (AvgIpc) is 3.17. The fraction of sp³-hybridized carbons (Fsp3) is 0.333. The number of pyridine rings is 1. The molecule has 0 radical (unpaired) electrons. The Hall–Kier alpha value is -3.36. The van der Waals surface area contributed by atoms with Crippen LogP contribution < -0.4 is 14.4 Å². The van der Waals surface area contributed by atoms with Crippen LogP contribution in [-0.2, 0) is 0 Å². The van der Waals surface area contributed by atoms with Crippen LogP contribution in [0.3, 0.4) is 0 Å². The smallest absolute Gasteiger partial charge is 0.346 e. The van der Waals surface area contributed by atoms with Crippen molar-refractivity contribution >= 4 is 22.9 Å². The first-order chi connectivity index (χ1) is 13.2. The predicted molar refractivity (Wildman–Crippen MR) is 99.4 cm³/mol. The van der Waals surface area contributed by atoms with Crippen molar-refractivity contribution in [3.8, 4) is 11.5 Å². The Labute approximate surface area is 156 Å². The van der Waals surface area contributed by atoms with Crippen LogP contribution in [0.25, 0.3) is 11.2 Å². The van der Waals surface area contributed by atoms with Gasteiger partial charge in [0.25, 0.3) is 0 Å². The van der Waals surface area contributed by atoms with Crippen molar-refractivity contribution in [2.24, 2.45) is 0 Å². The molecule has 1 aliphatic heterocycles. The van der Waals surface area contributed by atoms with Gasteiger partial charge in [-0.2, -0.15) is 4.68 Å². The summed E-state index contributed by atoms with van der Waals surface area (Å²) in [4.78, 5) is 20.9. The molecule has 1 amide bonds. The molecule has 1 aliphatic rings. The number of rotatable bonds is 3. The number of ether oxygens (including phenoxy) is 2. The van der Waals surface area contributed by atoms with Gasteiger partial charge in [-0.1, -0.05) is 5.21 Å². The molecule has 0 atom stereocenters. The summed E-state index contributed by atoms with van der Waals surface area (Å²) in [5.41, 5.74) is 2.09. The van der Waals surface area contributed by atoms with Gasteiger partial charge in [0.05, 0.1) is 14.2 Å². The molecule has 0 saturated carbocycles. The van der Waals surface area contributed by atoms with Gasteiger partial charge in [0, 0.05) is 56.3 Å². The molecule has 27 heavy (non-hydrogen) atoms. The number of nitrogens with zero attached hydrogens (tertiary/aromatic N) is 6. The maximum atomic E-state index is 12.8. The van der Waals surface area contributed by atoms with Gasteiger partial charge in [0.15, 0.2) is 0 Å². The number of benzene rings is 1. The van der Waals surface area contributed by atoms with Crippen molar-refractivity contribution in [3.63, 3.8) is 0 Å². The van der Waals surface area contributed by atoms with Crippen LogP contribution in [0.1, 0.15) is 0 Å². The van der Waals surface area contributed by atoms with Crippen molar-refractivity contribution in [3.05, 3.63) is 36.5 Å². The highest BCUT2D eigenvalue weighted by molar-refractivity contribution is 5.86. The zero-order valence-electron chi connectivity index (χ0n) is 15.2. The molecule has 1 saturated heterocycles.